The molecule has 0 bridgehead atoms. The lowest BCUT2D eigenvalue weighted by Gasteiger charge is -2.20. The number of hydrogen-bond acceptors (Lipinski definition) is 5. The number of methoxy groups -OCH3 is 2. The van der Waals surface area contributed by atoms with Crippen molar-refractivity contribution in [2.75, 3.05) is 40.4 Å². The van der Waals surface area contributed by atoms with Crippen molar-refractivity contribution in [3.8, 4) is 11.5 Å². The van der Waals surface area contributed by atoms with Crippen LogP contribution in [0.3, 0.4) is 0 Å². The highest BCUT2D eigenvalue weighted by molar-refractivity contribution is 5.77. The maximum atomic E-state index is 13.0. The highest BCUT2D eigenvalue weighted by Crippen LogP contribution is 2.34. The van der Waals surface area contributed by atoms with E-state index < -0.39 is 0 Å². The van der Waals surface area contributed by atoms with Crippen molar-refractivity contribution >= 4 is 11.6 Å². The summed E-state index contributed by atoms with van der Waals surface area (Å²) in [7, 11) is 3.27. The standard InChI is InChI=1S/C25H32N4O3/c1-18-7-6-11-29-23(17-27-25(18)29)22(19-13-20(31-2)15-21(14-19)32-3)16-24(30)26-8-12-28-9-4-5-10-28/h6-7,11,13-15,17,22H,4-5,8-10,12,16H2,1-3H3,(H,26,30). The summed E-state index contributed by atoms with van der Waals surface area (Å²) in [4.78, 5) is 20.0. The smallest absolute Gasteiger partial charge is 0.221 e. The number of hydrogen-bond donors (Lipinski definition) is 1. The van der Waals surface area contributed by atoms with Crippen LogP contribution in [0.5, 0.6) is 11.5 Å². The molecule has 1 N–H and O–H groups in total. The number of carbonyl (C=O) groups is 1. The van der Waals surface area contributed by atoms with Crippen LogP contribution in [0.4, 0.5) is 0 Å². The van der Waals surface area contributed by atoms with Gasteiger partial charge in [-0.1, -0.05) is 6.07 Å². The van der Waals surface area contributed by atoms with Gasteiger partial charge in [0.2, 0.25) is 5.91 Å². The Hall–Kier alpha value is -3.06. The number of aryl methyl sites for hydroxylation is 1. The molecular formula is C25H32N4O3. The van der Waals surface area contributed by atoms with E-state index in [2.05, 4.69) is 19.6 Å². The van der Waals surface area contributed by atoms with Gasteiger partial charge in [-0.2, -0.15) is 0 Å². The molecule has 3 aromatic rings. The quantitative estimate of drug-likeness (QED) is 0.557. The molecule has 0 saturated carbocycles. The molecule has 1 fully saturated rings. The van der Waals surface area contributed by atoms with Gasteiger partial charge in [0.15, 0.2) is 0 Å². The average Bonchev–Trinajstić information content (AvgIpc) is 3.48. The van der Waals surface area contributed by atoms with Crippen LogP contribution in [-0.4, -0.2) is 60.6 Å². The van der Waals surface area contributed by atoms with Gasteiger partial charge in [-0.05, 0) is 62.2 Å². The van der Waals surface area contributed by atoms with Crippen LogP contribution in [0.2, 0.25) is 0 Å². The molecule has 1 atom stereocenters. The molecule has 0 aliphatic carbocycles. The Morgan fingerprint density at radius 1 is 1.16 bits per heavy atom. The molecule has 4 rings (SSSR count). The molecule has 0 radical (unpaired) electrons. The van der Waals surface area contributed by atoms with Crippen LogP contribution in [0.1, 0.15) is 42.0 Å². The van der Waals surface area contributed by atoms with Crippen LogP contribution in [0.15, 0.2) is 42.7 Å². The Bertz CT molecular complexity index is 1050. The molecule has 2 aromatic heterocycles. The number of nitrogens with one attached hydrogen (secondary N) is 1. The second kappa shape index (κ2) is 10.0. The van der Waals surface area contributed by atoms with Crippen molar-refractivity contribution in [3.63, 3.8) is 0 Å². The fourth-order valence-electron chi connectivity index (χ4n) is 4.47. The van der Waals surface area contributed by atoms with E-state index in [0.29, 0.717) is 24.5 Å². The van der Waals surface area contributed by atoms with Crippen molar-refractivity contribution in [1.82, 2.24) is 19.6 Å². The maximum absolute atomic E-state index is 13.0. The second-order valence-corrected chi connectivity index (χ2v) is 8.37. The predicted octanol–water partition coefficient (Wildman–Crippen LogP) is 3.39. The molecule has 1 aliphatic heterocycles. The minimum Gasteiger partial charge on any atom is -0.497 e. The van der Waals surface area contributed by atoms with E-state index >= 15 is 0 Å². The van der Waals surface area contributed by atoms with Gasteiger partial charge in [-0.3, -0.25) is 4.79 Å². The summed E-state index contributed by atoms with van der Waals surface area (Å²) in [5.74, 6) is 1.23. The van der Waals surface area contributed by atoms with Crippen molar-refractivity contribution in [2.45, 2.75) is 32.1 Å². The lowest BCUT2D eigenvalue weighted by Crippen LogP contribution is -2.34. The number of aromatic nitrogens is 2. The largest absolute Gasteiger partial charge is 0.497 e. The maximum Gasteiger partial charge on any atom is 0.221 e. The molecule has 7 heteroatoms. The number of amides is 1. The van der Waals surface area contributed by atoms with E-state index in [9.17, 15) is 4.79 Å². The predicted molar refractivity (Wildman–Crippen MR) is 125 cm³/mol. The van der Waals surface area contributed by atoms with E-state index in [1.807, 2.05) is 49.6 Å². The highest BCUT2D eigenvalue weighted by Gasteiger charge is 2.24. The minimum absolute atomic E-state index is 0.0265. The van der Waals surface area contributed by atoms with E-state index in [4.69, 9.17) is 9.47 Å². The zero-order valence-corrected chi connectivity index (χ0v) is 19.1. The number of fused-ring (bicyclic) bond motifs is 1. The lowest BCUT2D eigenvalue weighted by molar-refractivity contribution is -0.121. The zero-order valence-electron chi connectivity index (χ0n) is 19.1. The van der Waals surface area contributed by atoms with E-state index in [0.717, 1.165) is 42.1 Å². The van der Waals surface area contributed by atoms with E-state index in [1.165, 1.54) is 12.8 Å². The molecule has 1 saturated heterocycles. The monoisotopic (exact) mass is 436 g/mol. The molecule has 32 heavy (non-hydrogen) atoms. The number of nitrogens with zero attached hydrogens (tertiary/aromatic N) is 3. The molecule has 1 aromatic carbocycles. The molecular weight excluding hydrogens is 404 g/mol. The third kappa shape index (κ3) is 4.88. The highest BCUT2D eigenvalue weighted by atomic mass is 16.5. The Balaban J connectivity index is 1.62. The van der Waals surface area contributed by atoms with Gasteiger partial charge < -0.3 is 24.1 Å². The zero-order chi connectivity index (χ0) is 22.5. The third-order valence-corrected chi connectivity index (χ3v) is 6.23. The van der Waals surface area contributed by atoms with Gasteiger partial charge in [-0.25, -0.2) is 4.98 Å². The van der Waals surface area contributed by atoms with Gasteiger partial charge in [0, 0.05) is 43.9 Å². The Morgan fingerprint density at radius 3 is 2.56 bits per heavy atom. The lowest BCUT2D eigenvalue weighted by atomic mass is 9.91. The molecule has 170 valence electrons. The van der Waals surface area contributed by atoms with E-state index in [1.54, 1.807) is 14.2 Å². The van der Waals surface area contributed by atoms with E-state index in [-0.39, 0.29) is 11.8 Å². The number of pyridine rings is 1. The summed E-state index contributed by atoms with van der Waals surface area (Å²) in [6, 6.07) is 9.84. The number of imidazole rings is 1. The fraction of sp³-hybridized carbons (Fsp3) is 0.440. The number of rotatable bonds is 9. The first-order chi connectivity index (χ1) is 15.6. The first-order valence-corrected chi connectivity index (χ1v) is 11.2. The SMILES string of the molecule is COc1cc(OC)cc(C(CC(=O)NCCN2CCCC2)c2cnc3c(C)cccn23)c1. The first kappa shape index (κ1) is 22.1. The average molecular weight is 437 g/mol. The Labute approximate surface area is 189 Å². The number of carbonyl (C=O) groups excluding carboxylic acids is 1. The molecule has 1 unspecified atom stereocenters. The van der Waals surface area contributed by atoms with Crippen molar-refractivity contribution in [3.05, 3.63) is 59.5 Å². The van der Waals surface area contributed by atoms with Gasteiger partial charge >= 0.3 is 0 Å². The summed E-state index contributed by atoms with van der Waals surface area (Å²) in [6.45, 7) is 5.87. The summed E-state index contributed by atoms with van der Waals surface area (Å²) in [5.41, 5.74) is 3.92. The van der Waals surface area contributed by atoms with Gasteiger partial charge in [0.25, 0.3) is 0 Å². The number of likely N-dealkylation sites (tertiary alicyclic amines) is 1. The van der Waals surface area contributed by atoms with Crippen LogP contribution in [-0.2, 0) is 4.79 Å². The number of benzene rings is 1. The summed E-state index contributed by atoms with van der Waals surface area (Å²) in [6.07, 6.45) is 6.69. The van der Waals surface area contributed by atoms with Crippen LogP contribution < -0.4 is 14.8 Å². The van der Waals surface area contributed by atoms with Crippen LogP contribution in [0.25, 0.3) is 5.65 Å². The molecule has 3 heterocycles. The summed E-state index contributed by atoms with van der Waals surface area (Å²) < 4.78 is 13.1. The topological polar surface area (TPSA) is 68.1 Å². The van der Waals surface area contributed by atoms with Crippen LogP contribution >= 0.6 is 0 Å². The van der Waals surface area contributed by atoms with Gasteiger partial charge in [0.1, 0.15) is 17.1 Å². The molecule has 1 aliphatic rings. The van der Waals surface area contributed by atoms with Gasteiger partial charge in [-0.15, -0.1) is 0 Å². The fourth-order valence-corrected chi connectivity index (χ4v) is 4.47. The van der Waals surface area contributed by atoms with Gasteiger partial charge in [0.05, 0.1) is 19.9 Å². The van der Waals surface area contributed by atoms with Crippen molar-refractivity contribution < 1.29 is 14.3 Å². The second-order valence-electron chi connectivity index (χ2n) is 8.37. The summed E-state index contributed by atoms with van der Waals surface area (Å²) >= 11 is 0. The summed E-state index contributed by atoms with van der Waals surface area (Å²) in [5, 5.41) is 3.12. The minimum atomic E-state index is -0.192. The Kier molecular flexibility index (Phi) is 6.95. The van der Waals surface area contributed by atoms with Crippen LogP contribution in [0, 0.1) is 6.92 Å². The van der Waals surface area contributed by atoms with Crippen molar-refractivity contribution in [1.29, 1.82) is 0 Å². The van der Waals surface area contributed by atoms with Crippen molar-refractivity contribution in [2.24, 2.45) is 0 Å². The number of ether oxygens (including phenoxy) is 2. The third-order valence-electron chi connectivity index (χ3n) is 6.23. The Morgan fingerprint density at radius 2 is 1.88 bits per heavy atom. The first-order valence-electron chi connectivity index (χ1n) is 11.2. The molecule has 0 spiro atoms. The molecule has 1 amide bonds. The molecule has 7 nitrogen and oxygen atoms in total. The normalized spacial score (nSPS) is 15.1.